The lowest BCUT2D eigenvalue weighted by molar-refractivity contribution is -0.00819. The van der Waals surface area contributed by atoms with Gasteiger partial charge in [0.15, 0.2) is 0 Å². The summed E-state index contributed by atoms with van der Waals surface area (Å²) in [6.07, 6.45) is 2.21. The Bertz CT molecular complexity index is 1010. The van der Waals surface area contributed by atoms with Crippen LogP contribution in [0.5, 0.6) is 0 Å². The van der Waals surface area contributed by atoms with Crippen LogP contribution >= 0.6 is 11.6 Å². The number of halogens is 1. The monoisotopic (exact) mass is 499 g/mol. The number of carbonyl (C=O) groups excluding carboxylic acids is 2. The Kier molecular flexibility index (Phi) is 7.82. The molecule has 8 nitrogen and oxygen atoms in total. The minimum Gasteiger partial charge on any atom is -0.444 e. The first-order valence-electron chi connectivity index (χ1n) is 12.1. The number of hydrogen-bond acceptors (Lipinski definition) is 5. The van der Waals surface area contributed by atoms with Crippen molar-refractivity contribution in [1.82, 2.24) is 20.1 Å². The van der Waals surface area contributed by atoms with Crippen molar-refractivity contribution in [2.75, 3.05) is 38.0 Å². The molecule has 1 aromatic carbocycles. The molecule has 0 unspecified atom stereocenters. The molecule has 2 N–H and O–H groups in total. The predicted molar refractivity (Wildman–Crippen MR) is 137 cm³/mol. The maximum Gasteiger partial charge on any atom is 0.410 e. The van der Waals surface area contributed by atoms with Gasteiger partial charge < -0.3 is 25.2 Å². The van der Waals surface area contributed by atoms with Gasteiger partial charge in [-0.3, -0.25) is 4.98 Å². The number of benzene rings is 1. The number of rotatable bonds is 5. The van der Waals surface area contributed by atoms with Gasteiger partial charge in [-0.2, -0.15) is 0 Å². The second-order valence-electron chi connectivity index (χ2n) is 10.4. The Labute approximate surface area is 212 Å². The SMILES string of the molecule is CC(C)(C)OC(=O)N1CC(CN2CC[C@@H](NC(=O)Nc3ccccc3)[C@H](c3ccc(Cl)cn3)C2)C1. The predicted octanol–water partition coefficient (Wildman–Crippen LogP) is 4.58. The number of ether oxygens (including phenoxy) is 1. The number of pyridine rings is 1. The summed E-state index contributed by atoms with van der Waals surface area (Å²) < 4.78 is 5.47. The summed E-state index contributed by atoms with van der Waals surface area (Å²) in [6.45, 7) is 9.58. The maximum absolute atomic E-state index is 12.7. The molecule has 0 bridgehead atoms. The van der Waals surface area contributed by atoms with E-state index in [9.17, 15) is 9.59 Å². The van der Waals surface area contributed by atoms with E-state index in [2.05, 4.69) is 20.5 Å². The van der Waals surface area contributed by atoms with Gasteiger partial charge in [-0.25, -0.2) is 9.59 Å². The molecular weight excluding hydrogens is 466 g/mol. The highest BCUT2D eigenvalue weighted by Gasteiger charge is 2.38. The molecule has 2 fully saturated rings. The Morgan fingerprint density at radius 3 is 2.51 bits per heavy atom. The fourth-order valence-corrected chi connectivity index (χ4v) is 4.76. The van der Waals surface area contributed by atoms with E-state index < -0.39 is 5.60 Å². The highest BCUT2D eigenvalue weighted by molar-refractivity contribution is 6.30. The molecule has 9 heteroatoms. The molecule has 35 heavy (non-hydrogen) atoms. The fourth-order valence-electron chi connectivity index (χ4n) is 4.65. The van der Waals surface area contributed by atoms with E-state index in [0.29, 0.717) is 24.0 Å². The average molecular weight is 500 g/mol. The van der Waals surface area contributed by atoms with E-state index in [0.717, 1.165) is 37.4 Å². The Balaban J connectivity index is 1.35. The van der Waals surface area contributed by atoms with Gasteiger partial charge in [-0.1, -0.05) is 29.8 Å². The number of amides is 3. The number of para-hydroxylation sites is 1. The van der Waals surface area contributed by atoms with Crippen LogP contribution in [-0.2, 0) is 4.74 Å². The molecule has 3 heterocycles. The van der Waals surface area contributed by atoms with Crippen LogP contribution in [0, 0.1) is 5.92 Å². The molecule has 2 aliphatic heterocycles. The zero-order valence-electron chi connectivity index (χ0n) is 20.5. The van der Waals surface area contributed by atoms with Gasteiger partial charge >= 0.3 is 12.1 Å². The molecule has 2 aliphatic rings. The minimum absolute atomic E-state index is 0.0320. The number of likely N-dealkylation sites (tertiary alicyclic amines) is 2. The normalized spacial score (nSPS) is 21.2. The quantitative estimate of drug-likeness (QED) is 0.628. The minimum atomic E-state index is -0.483. The molecular formula is C26H34ClN5O3. The number of anilines is 1. The number of nitrogens with zero attached hydrogens (tertiary/aromatic N) is 3. The second kappa shape index (κ2) is 10.8. The molecule has 2 atom stereocenters. The first-order valence-corrected chi connectivity index (χ1v) is 12.5. The summed E-state index contributed by atoms with van der Waals surface area (Å²) in [5, 5.41) is 6.65. The molecule has 188 valence electrons. The van der Waals surface area contributed by atoms with Crippen LogP contribution in [0.4, 0.5) is 15.3 Å². The van der Waals surface area contributed by atoms with Crippen molar-refractivity contribution in [1.29, 1.82) is 0 Å². The smallest absolute Gasteiger partial charge is 0.410 e. The number of aromatic nitrogens is 1. The van der Waals surface area contributed by atoms with Crippen molar-refractivity contribution in [3.63, 3.8) is 0 Å². The van der Waals surface area contributed by atoms with Gasteiger partial charge in [-0.05, 0) is 51.5 Å². The van der Waals surface area contributed by atoms with Crippen LogP contribution in [0.15, 0.2) is 48.7 Å². The van der Waals surface area contributed by atoms with E-state index in [1.165, 1.54) is 0 Å². The van der Waals surface area contributed by atoms with Gasteiger partial charge in [0.2, 0.25) is 0 Å². The third-order valence-electron chi connectivity index (χ3n) is 6.30. The van der Waals surface area contributed by atoms with Gasteiger partial charge in [0, 0.05) is 68.2 Å². The van der Waals surface area contributed by atoms with Crippen molar-refractivity contribution in [3.8, 4) is 0 Å². The molecule has 2 aromatic rings. The molecule has 2 saturated heterocycles. The molecule has 0 aliphatic carbocycles. The lowest BCUT2D eigenvalue weighted by atomic mass is 9.87. The summed E-state index contributed by atoms with van der Waals surface area (Å²) in [4.78, 5) is 33.7. The molecule has 0 radical (unpaired) electrons. The van der Waals surface area contributed by atoms with E-state index in [4.69, 9.17) is 16.3 Å². The Morgan fingerprint density at radius 2 is 1.86 bits per heavy atom. The third-order valence-corrected chi connectivity index (χ3v) is 6.52. The van der Waals surface area contributed by atoms with E-state index in [-0.39, 0.29) is 24.1 Å². The van der Waals surface area contributed by atoms with Crippen molar-refractivity contribution < 1.29 is 14.3 Å². The Morgan fingerprint density at radius 1 is 1.11 bits per heavy atom. The van der Waals surface area contributed by atoms with Crippen LogP contribution < -0.4 is 10.6 Å². The van der Waals surface area contributed by atoms with Crippen LogP contribution in [0.1, 0.15) is 38.8 Å². The second-order valence-corrected chi connectivity index (χ2v) is 10.8. The third kappa shape index (κ3) is 7.08. The highest BCUT2D eigenvalue weighted by atomic mass is 35.5. The van der Waals surface area contributed by atoms with Crippen LogP contribution in [0.25, 0.3) is 0 Å². The van der Waals surface area contributed by atoms with Crippen LogP contribution in [0.3, 0.4) is 0 Å². The van der Waals surface area contributed by atoms with Gasteiger partial charge in [-0.15, -0.1) is 0 Å². The summed E-state index contributed by atoms with van der Waals surface area (Å²) >= 11 is 6.07. The first-order chi connectivity index (χ1) is 16.7. The van der Waals surface area contributed by atoms with Crippen molar-refractivity contribution in [3.05, 3.63) is 59.4 Å². The van der Waals surface area contributed by atoms with Gasteiger partial charge in [0.1, 0.15) is 5.60 Å². The molecule has 0 saturated carbocycles. The Hall–Kier alpha value is -2.84. The van der Waals surface area contributed by atoms with E-state index in [1.807, 2.05) is 63.2 Å². The van der Waals surface area contributed by atoms with Crippen LogP contribution in [-0.4, -0.2) is 71.3 Å². The standard InChI is InChI=1S/C26H34ClN5O3/c1-26(2,3)35-25(34)32-15-18(16-32)14-31-12-11-23(21(17-31)22-10-9-19(27)13-28-22)30-24(33)29-20-7-5-4-6-8-20/h4-10,13,18,21,23H,11-12,14-17H2,1-3H3,(H2,29,30,33)/t21-,23+/m0/s1. The summed E-state index contributed by atoms with van der Waals surface area (Å²) in [6, 6.07) is 12.9. The molecule has 4 rings (SSSR count). The maximum atomic E-state index is 12.7. The van der Waals surface area contributed by atoms with Crippen molar-refractivity contribution in [2.45, 2.75) is 44.8 Å². The largest absolute Gasteiger partial charge is 0.444 e. The number of urea groups is 1. The van der Waals surface area contributed by atoms with Crippen molar-refractivity contribution >= 4 is 29.4 Å². The average Bonchev–Trinajstić information content (AvgIpc) is 2.77. The van der Waals surface area contributed by atoms with Crippen LogP contribution in [0.2, 0.25) is 5.02 Å². The number of hydrogen-bond donors (Lipinski definition) is 2. The van der Waals surface area contributed by atoms with Gasteiger partial charge in [0.25, 0.3) is 0 Å². The lowest BCUT2D eigenvalue weighted by Crippen LogP contribution is -2.57. The molecule has 1 aromatic heterocycles. The van der Waals surface area contributed by atoms with E-state index in [1.54, 1.807) is 11.1 Å². The highest BCUT2D eigenvalue weighted by Crippen LogP contribution is 2.29. The summed E-state index contributed by atoms with van der Waals surface area (Å²) in [5.41, 5.74) is 1.18. The van der Waals surface area contributed by atoms with E-state index >= 15 is 0 Å². The topological polar surface area (TPSA) is 86.8 Å². The number of piperidine rings is 1. The first kappa shape index (κ1) is 25.3. The molecule has 3 amide bonds. The number of carbonyl (C=O) groups is 2. The zero-order valence-corrected chi connectivity index (χ0v) is 21.3. The number of nitrogens with one attached hydrogen (secondary N) is 2. The zero-order chi connectivity index (χ0) is 25.0. The molecule has 0 spiro atoms. The van der Waals surface area contributed by atoms with Gasteiger partial charge in [0.05, 0.1) is 5.02 Å². The van der Waals surface area contributed by atoms with Crippen molar-refractivity contribution in [2.24, 2.45) is 5.92 Å². The lowest BCUT2D eigenvalue weighted by Gasteiger charge is -2.44. The summed E-state index contributed by atoms with van der Waals surface area (Å²) in [7, 11) is 0. The fraction of sp³-hybridized carbons (Fsp3) is 0.500. The summed E-state index contributed by atoms with van der Waals surface area (Å²) in [5.74, 6) is 0.441.